The molecule has 0 spiro atoms. The van der Waals surface area contributed by atoms with Gasteiger partial charge in [-0.1, -0.05) is 37.1 Å². The molecule has 0 aliphatic carbocycles. The van der Waals surface area contributed by atoms with Gasteiger partial charge in [0.1, 0.15) is 0 Å². The van der Waals surface area contributed by atoms with Crippen molar-refractivity contribution in [1.82, 2.24) is 19.9 Å². The summed E-state index contributed by atoms with van der Waals surface area (Å²) in [5, 5.41) is 0. The summed E-state index contributed by atoms with van der Waals surface area (Å²) in [4.78, 5) is 18.6. The molecule has 32 heavy (non-hydrogen) atoms. The van der Waals surface area contributed by atoms with Gasteiger partial charge in [0, 0.05) is 24.8 Å². The Balaban J connectivity index is 1.31. The van der Waals surface area contributed by atoms with Crippen LogP contribution in [0.3, 0.4) is 0 Å². The first-order valence-corrected chi connectivity index (χ1v) is 14.2. The van der Waals surface area contributed by atoms with Gasteiger partial charge in [0.25, 0.3) is 0 Å². The van der Waals surface area contributed by atoms with Gasteiger partial charge in [0.2, 0.25) is 0 Å². The third-order valence-corrected chi connectivity index (χ3v) is 10.0. The first-order valence-electron chi connectivity index (χ1n) is 11.1. The molecule has 0 fully saturated rings. The summed E-state index contributed by atoms with van der Waals surface area (Å²) in [6.07, 6.45) is 14.7. The molecule has 0 radical (unpaired) electrons. The van der Waals surface area contributed by atoms with E-state index in [2.05, 4.69) is 68.5 Å². The largest absolute Gasteiger partial charge is 0.256 e. The van der Waals surface area contributed by atoms with Crippen LogP contribution in [0, 0.1) is 0 Å². The minimum Gasteiger partial charge on any atom is -0.256 e. The number of hydrogen-bond acceptors (Lipinski definition) is 4. The summed E-state index contributed by atoms with van der Waals surface area (Å²) < 4.78 is 0. The number of rotatable bonds is 11. The summed E-state index contributed by atoms with van der Waals surface area (Å²) in [7, 11) is -0.989. The molecule has 4 rings (SSSR count). The van der Waals surface area contributed by atoms with Gasteiger partial charge in [-0.25, -0.2) is 0 Å². The molecule has 0 unspecified atom stereocenters. The highest BCUT2D eigenvalue weighted by Crippen LogP contribution is 2.35. The molecule has 4 heterocycles. The van der Waals surface area contributed by atoms with Crippen LogP contribution in [0.1, 0.15) is 25.7 Å². The Morgan fingerprint density at radius 1 is 0.406 bits per heavy atom. The van der Waals surface area contributed by atoms with Crippen molar-refractivity contribution >= 4 is 37.6 Å². The van der Waals surface area contributed by atoms with Crippen molar-refractivity contribution in [3.8, 4) is 0 Å². The lowest BCUT2D eigenvalue weighted by Crippen LogP contribution is -2.19. The molecule has 0 aliphatic rings. The second-order valence-electron chi connectivity index (χ2n) is 7.47. The van der Waals surface area contributed by atoms with Crippen LogP contribution in [-0.4, -0.2) is 32.3 Å². The van der Waals surface area contributed by atoms with E-state index in [0.29, 0.717) is 0 Å². The lowest BCUT2D eigenvalue weighted by Gasteiger charge is -2.17. The van der Waals surface area contributed by atoms with E-state index in [4.69, 9.17) is 0 Å². The van der Waals surface area contributed by atoms with Crippen LogP contribution in [0.4, 0.5) is 0 Å². The Morgan fingerprint density at radius 2 is 0.719 bits per heavy atom. The minimum atomic E-state index is -0.495. The molecule has 0 bridgehead atoms. The number of hydrogen-bond donors (Lipinski definition) is 0. The molecule has 4 nitrogen and oxygen atoms in total. The highest BCUT2D eigenvalue weighted by molar-refractivity contribution is 7.72. The molecular formula is C26H28N4P2. The molecule has 0 aromatic carbocycles. The topological polar surface area (TPSA) is 51.6 Å². The van der Waals surface area contributed by atoms with E-state index < -0.39 is 15.8 Å². The van der Waals surface area contributed by atoms with Gasteiger partial charge in [-0.05, 0) is 89.5 Å². The zero-order valence-corrected chi connectivity index (χ0v) is 20.0. The standard InChI is InChI=1S/C26H28N4P2/c1(11-21-31(23-13-3-7-17-27-23)24-14-4-8-18-28-24)2-12-22-32(25-15-5-9-19-29-25)26-16-6-10-20-30-26/h3-10,13-20H,1-2,11-12,21-22H2. The Hall–Kier alpha value is -2.54. The summed E-state index contributed by atoms with van der Waals surface area (Å²) in [6.45, 7) is 0. The SMILES string of the molecule is c1ccc(P(CCCCCCP(c2ccccn2)c2ccccn2)c2ccccn2)nc1. The molecule has 0 saturated carbocycles. The maximum atomic E-state index is 4.64. The molecular weight excluding hydrogens is 430 g/mol. The molecule has 162 valence electrons. The normalized spacial score (nSPS) is 11.2. The third-order valence-electron chi connectivity index (χ3n) is 5.22. The maximum absolute atomic E-state index is 4.64. The number of pyridine rings is 4. The van der Waals surface area contributed by atoms with E-state index in [0.717, 1.165) is 12.3 Å². The average molecular weight is 458 g/mol. The van der Waals surface area contributed by atoms with Crippen LogP contribution in [-0.2, 0) is 0 Å². The molecule has 4 aromatic heterocycles. The highest BCUT2D eigenvalue weighted by Gasteiger charge is 2.17. The Labute approximate surface area is 193 Å². The van der Waals surface area contributed by atoms with Crippen molar-refractivity contribution in [2.24, 2.45) is 0 Å². The van der Waals surface area contributed by atoms with Crippen LogP contribution >= 0.6 is 15.8 Å². The fraction of sp³-hybridized carbons (Fsp3) is 0.231. The van der Waals surface area contributed by atoms with E-state index in [1.807, 2.05) is 49.1 Å². The van der Waals surface area contributed by atoms with Crippen molar-refractivity contribution in [3.63, 3.8) is 0 Å². The van der Waals surface area contributed by atoms with Crippen LogP contribution in [0.15, 0.2) is 97.6 Å². The molecule has 0 saturated heterocycles. The van der Waals surface area contributed by atoms with Crippen LogP contribution in [0.5, 0.6) is 0 Å². The maximum Gasteiger partial charge on any atom is 0.0692 e. The molecule has 0 aliphatic heterocycles. The summed E-state index contributed by atoms with van der Waals surface area (Å²) in [6, 6.07) is 24.8. The quantitative estimate of drug-likeness (QED) is 0.247. The summed E-state index contributed by atoms with van der Waals surface area (Å²) in [5.74, 6) is 0. The van der Waals surface area contributed by atoms with Crippen molar-refractivity contribution in [3.05, 3.63) is 97.6 Å². The first kappa shape index (κ1) is 22.6. The zero-order chi connectivity index (χ0) is 21.8. The first-order chi connectivity index (χ1) is 15.9. The average Bonchev–Trinajstić information content (AvgIpc) is 2.88. The Bertz CT molecular complexity index is 868. The van der Waals surface area contributed by atoms with Crippen molar-refractivity contribution in [1.29, 1.82) is 0 Å². The molecule has 0 atom stereocenters. The van der Waals surface area contributed by atoms with Gasteiger partial charge in [0.15, 0.2) is 0 Å². The van der Waals surface area contributed by atoms with Crippen molar-refractivity contribution < 1.29 is 0 Å². The second-order valence-corrected chi connectivity index (χ2v) is 11.9. The smallest absolute Gasteiger partial charge is 0.0692 e. The number of unbranched alkanes of at least 4 members (excludes halogenated alkanes) is 3. The Kier molecular flexibility index (Phi) is 8.84. The van der Waals surface area contributed by atoms with Gasteiger partial charge in [-0.15, -0.1) is 0 Å². The molecule has 6 heteroatoms. The van der Waals surface area contributed by atoms with E-state index in [-0.39, 0.29) is 0 Å². The molecule has 4 aromatic rings. The third kappa shape index (κ3) is 6.48. The van der Waals surface area contributed by atoms with Gasteiger partial charge in [-0.2, -0.15) is 0 Å². The minimum absolute atomic E-state index is 0.495. The van der Waals surface area contributed by atoms with Crippen LogP contribution in [0.25, 0.3) is 0 Å². The van der Waals surface area contributed by atoms with Crippen LogP contribution < -0.4 is 21.7 Å². The van der Waals surface area contributed by atoms with E-state index in [9.17, 15) is 0 Å². The molecule has 0 N–H and O–H groups in total. The second kappa shape index (κ2) is 12.5. The zero-order valence-electron chi connectivity index (χ0n) is 18.2. The van der Waals surface area contributed by atoms with E-state index in [1.165, 1.54) is 47.4 Å². The van der Waals surface area contributed by atoms with E-state index >= 15 is 0 Å². The predicted octanol–water partition coefficient (Wildman–Crippen LogP) is 4.39. The highest BCUT2D eigenvalue weighted by atomic mass is 31.1. The van der Waals surface area contributed by atoms with Gasteiger partial charge in [-0.3, -0.25) is 19.9 Å². The fourth-order valence-corrected chi connectivity index (χ4v) is 7.99. The predicted molar refractivity (Wildman–Crippen MR) is 138 cm³/mol. The lowest BCUT2D eigenvalue weighted by atomic mass is 10.2. The van der Waals surface area contributed by atoms with Crippen molar-refractivity contribution in [2.75, 3.05) is 12.3 Å². The van der Waals surface area contributed by atoms with Crippen LogP contribution in [0.2, 0.25) is 0 Å². The fourth-order valence-electron chi connectivity index (χ4n) is 3.64. The van der Waals surface area contributed by atoms with Crippen molar-refractivity contribution in [2.45, 2.75) is 25.7 Å². The summed E-state index contributed by atoms with van der Waals surface area (Å²) >= 11 is 0. The number of nitrogens with zero attached hydrogens (tertiary/aromatic N) is 4. The van der Waals surface area contributed by atoms with Gasteiger partial charge < -0.3 is 0 Å². The molecule has 0 amide bonds. The monoisotopic (exact) mass is 458 g/mol. The van der Waals surface area contributed by atoms with Gasteiger partial charge in [0.05, 0.1) is 21.7 Å². The lowest BCUT2D eigenvalue weighted by molar-refractivity contribution is 0.709. The summed E-state index contributed by atoms with van der Waals surface area (Å²) in [5.41, 5.74) is 4.70. The van der Waals surface area contributed by atoms with E-state index in [1.54, 1.807) is 0 Å². The van der Waals surface area contributed by atoms with Gasteiger partial charge >= 0.3 is 0 Å². The Morgan fingerprint density at radius 3 is 0.969 bits per heavy atom. The number of aromatic nitrogens is 4.